The summed E-state index contributed by atoms with van der Waals surface area (Å²) in [6.45, 7) is 2.67. The van der Waals surface area contributed by atoms with Crippen molar-refractivity contribution < 1.29 is 4.43 Å². The first kappa shape index (κ1) is 8.30. The Labute approximate surface area is 58.7 Å². The minimum atomic E-state index is -0.647. The van der Waals surface area contributed by atoms with Gasteiger partial charge >= 0.3 is 0 Å². The first-order valence-electron chi connectivity index (χ1n) is 2.85. The van der Waals surface area contributed by atoms with Crippen LogP contribution in [0.3, 0.4) is 0 Å². The van der Waals surface area contributed by atoms with Crippen molar-refractivity contribution in [3.05, 3.63) is 0 Å². The molecule has 9 heavy (non-hydrogen) atoms. The molecule has 0 N–H and O–H groups in total. The highest BCUT2D eigenvalue weighted by atomic mass is 28.2. The fourth-order valence-electron chi connectivity index (χ4n) is 0.380. The third kappa shape index (κ3) is 3.85. The Morgan fingerprint density at radius 3 is 2.44 bits per heavy atom. The summed E-state index contributed by atoms with van der Waals surface area (Å²) in [6.07, 6.45) is 10.2. The van der Waals surface area contributed by atoms with Crippen molar-refractivity contribution in [2.75, 3.05) is 6.61 Å². The second-order valence-electron chi connectivity index (χ2n) is 1.55. The average Bonchev–Trinajstić information content (AvgIpc) is 1.91. The third-order valence-corrected chi connectivity index (χ3v) is 2.34. The molecule has 0 atom stereocenters. The highest BCUT2D eigenvalue weighted by Gasteiger charge is 1.98. The molecule has 0 bridgehead atoms. The summed E-state index contributed by atoms with van der Waals surface area (Å²) in [5.74, 6) is 4.97. The lowest BCUT2D eigenvalue weighted by Gasteiger charge is -1.99. The summed E-state index contributed by atoms with van der Waals surface area (Å²) in [4.78, 5) is 0. The number of rotatable bonds is 3. The van der Waals surface area contributed by atoms with Crippen LogP contribution in [0.5, 0.6) is 0 Å². The van der Waals surface area contributed by atoms with Crippen LogP contribution in [-0.2, 0) is 4.43 Å². The fraction of sp³-hybridized carbons (Fsp3) is 0.429. The van der Waals surface area contributed by atoms with Gasteiger partial charge in [0.15, 0.2) is 9.76 Å². The Morgan fingerprint density at radius 2 is 2.11 bits per heavy atom. The van der Waals surface area contributed by atoms with Crippen molar-refractivity contribution in [3.8, 4) is 24.7 Å². The van der Waals surface area contributed by atoms with Crippen LogP contribution in [0.25, 0.3) is 0 Å². The first-order chi connectivity index (χ1) is 4.35. The largest absolute Gasteiger partial charge is 0.422 e. The smallest absolute Gasteiger partial charge is 0.188 e. The molecule has 0 unspecified atom stereocenters. The van der Waals surface area contributed by atoms with Gasteiger partial charge in [-0.2, -0.15) is 0 Å². The number of hydrogen-bond acceptors (Lipinski definition) is 1. The summed E-state index contributed by atoms with van der Waals surface area (Å²) < 4.78 is 5.13. The average molecular weight is 138 g/mol. The van der Waals surface area contributed by atoms with E-state index in [1.54, 1.807) is 0 Å². The van der Waals surface area contributed by atoms with Crippen LogP contribution in [-0.4, -0.2) is 16.4 Å². The van der Waals surface area contributed by atoms with Crippen LogP contribution >= 0.6 is 0 Å². The van der Waals surface area contributed by atoms with E-state index < -0.39 is 9.76 Å². The number of terminal acetylenes is 2. The first-order valence-corrected chi connectivity index (χ1v) is 4.24. The SMILES string of the molecule is C#CC(C#C)[SiH2]OCC. The molecule has 1 nitrogen and oxygen atoms in total. The lowest BCUT2D eigenvalue weighted by atomic mass is 10.5. The Hall–Kier alpha value is -0.703. The monoisotopic (exact) mass is 138 g/mol. The molecule has 0 aromatic rings. The van der Waals surface area contributed by atoms with Gasteiger partial charge in [0, 0.05) is 6.61 Å². The zero-order valence-electron chi connectivity index (χ0n) is 5.55. The van der Waals surface area contributed by atoms with Gasteiger partial charge in [0.2, 0.25) is 0 Å². The van der Waals surface area contributed by atoms with E-state index in [0.29, 0.717) is 0 Å². The predicted molar refractivity (Wildman–Crippen MR) is 41.6 cm³/mol. The quantitative estimate of drug-likeness (QED) is 0.399. The molecular formula is C7H10OSi. The molecule has 0 saturated carbocycles. The van der Waals surface area contributed by atoms with Crippen molar-refractivity contribution in [1.82, 2.24) is 0 Å². The minimum absolute atomic E-state index is 0.0232. The fourth-order valence-corrected chi connectivity index (χ4v) is 1.04. The van der Waals surface area contributed by atoms with Gasteiger partial charge in [-0.1, -0.05) is 11.8 Å². The molecule has 2 heteroatoms. The molecule has 0 amide bonds. The van der Waals surface area contributed by atoms with Crippen molar-refractivity contribution in [2.45, 2.75) is 12.5 Å². The predicted octanol–water partition coefficient (Wildman–Crippen LogP) is 0.162. The van der Waals surface area contributed by atoms with E-state index in [1.807, 2.05) is 6.92 Å². The zero-order chi connectivity index (χ0) is 7.11. The van der Waals surface area contributed by atoms with Crippen LogP contribution in [0.15, 0.2) is 0 Å². The highest BCUT2D eigenvalue weighted by Crippen LogP contribution is 1.96. The maximum absolute atomic E-state index is 5.13. The van der Waals surface area contributed by atoms with Crippen LogP contribution in [0, 0.1) is 24.7 Å². The maximum atomic E-state index is 5.13. The molecule has 0 rings (SSSR count). The zero-order valence-corrected chi connectivity index (χ0v) is 6.97. The molecule has 0 fully saturated rings. The minimum Gasteiger partial charge on any atom is -0.422 e. The van der Waals surface area contributed by atoms with E-state index in [2.05, 4.69) is 11.8 Å². The second kappa shape index (κ2) is 5.43. The summed E-state index contributed by atoms with van der Waals surface area (Å²) in [5.41, 5.74) is -0.0232. The van der Waals surface area contributed by atoms with E-state index in [9.17, 15) is 0 Å². The highest BCUT2D eigenvalue weighted by molar-refractivity contribution is 6.32. The van der Waals surface area contributed by atoms with Gasteiger partial charge in [0.25, 0.3) is 0 Å². The van der Waals surface area contributed by atoms with Crippen molar-refractivity contribution in [1.29, 1.82) is 0 Å². The van der Waals surface area contributed by atoms with Crippen molar-refractivity contribution >= 4 is 9.76 Å². The molecule has 0 aliphatic heterocycles. The molecule has 0 saturated heterocycles. The molecule has 0 heterocycles. The third-order valence-electron chi connectivity index (χ3n) is 0.891. The number of hydrogen-bond donors (Lipinski definition) is 0. The van der Waals surface area contributed by atoms with Crippen LogP contribution in [0.2, 0.25) is 5.54 Å². The summed E-state index contributed by atoms with van der Waals surface area (Å²) >= 11 is 0. The second-order valence-corrected chi connectivity index (χ2v) is 3.10. The molecule has 48 valence electrons. The van der Waals surface area contributed by atoms with Crippen molar-refractivity contribution in [2.24, 2.45) is 0 Å². The Morgan fingerprint density at radius 1 is 1.56 bits per heavy atom. The van der Waals surface area contributed by atoms with E-state index in [1.165, 1.54) is 0 Å². The lowest BCUT2D eigenvalue weighted by molar-refractivity contribution is 0.359. The van der Waals surface area contributed by atoms with E-state index >= 15 is 0 Å². The summed E-state index contributed by atoms with van der Waals surface area (Å²) in [7, 11) is -0.647. The van der Waals surface area contributed by atoms with Crippen LogP contribution in [0.1, 0.15) is 6.92 Å². The summed E-state index contributed by atoms with van der Waals surface area (Å²) in [6, 6.07) is 0. The van der Waals surface area contributed by atoms with Gasteiger partial charge in [-0.15, -0.1) is 12.8 Å². The lowest BCUT2D eigenvalue weighted by Crippen LogP contribution is -2.03. The van der Waals surface area contributed by atoms with Gasteiger partial charge in [-0.05, 0) is 6.92 Å². The molecular weight excluding hydrogens is 128 g/mol. The van der Waals surface area contributed by atoms with Gasteiger partial charge in [-0.3, -0.25) is 0 Å². The molecule has 0 spiro atoms. The molecule has 0 aliphatic carbocycles. The van der Waals surface area contributed by atoms with Crippen molar-refractivity contribution in [3.63, 3.8) is 0 Å². The molecule has 0 aromatic heterocycles. The normalized spacial score (nSPS) is 9.78. The molecule has 0 aliphatic rings. The van der Waals surface area contributed by atoms with Crippen LogP contribution < -0.4 is 0 Å². The standard InChI is InChI=1S/C7H10OSi/c1-4-7(5-2)9-8-6-3/h1-2,7H,6,9H2,3H3. The van der Waals surface area contributed by atoms with E-state index in [-0.39, 0.29) is 5.54 Å². The molecule has 0 aromatic carbocycles. The van der Waals surface area contributed by atoms with Gasteiger partial charge in [0.05, 0.1) is 5.54 Å². The Bertz CT molecular complexity index is 126. The van der Waals surface area contributed by atoms with Gasteiger partial charge < -0.3 is 4.43 Å². The topological polar surface area (TPSA) is 9.23 Å². The maximum Gasteiger partial charge on any atom is 0.188 e. The van der Waals surface area contributed by atoms with Crippen LogP contribution in [0.4, 0.5) is 0 Å². The van der Waals surface area contributed by atoms with Gasteiger partial charge in [-0.25, -0.2) is 0 Å². The van der Waals surface area contributed by atoms with E-state index in [0.717, 1.165) is 6.61 Å². The summed E-state index contributed by atoms with van der Waals surface area (Å²) in [5, 5.41) is 0. The Kier molecular flexibility index (Phi) is 5.01. The Balaban J connectivity index is 3.38. The van der Waals surface area contributed by atoms with Gasteiger partial charge in [0.1, 0.15) is 0 Å². The van der Waals surface area contributed by atoms with E-state index in [4.69, 9.17) is 17.3 Å². The molecule has 0 radical (unpaired) electrons.